The molecule has 4 atom stereocenters. The molecular weight excluding hydrogens is 469 g/mol. The van der Waals surface area contributed by atoms with E-state index in [2.05, 4.69) is 24.1 Å². The van der Waals surface area contributed by atoms with Gasteiger partial charge in [0, 0.05) is 22.9 Å². The number of halogens is 1. The van der Waals surface area contributed by atoms with Crippen LogP contribution in [0.15, 0.2) is 29.6 Å². The van der Waals surface area contributed by atoms with Crippen LogP contribution in [0.4, 0.5) is 4.39 Å². The predicted octanol–water partition coefficient (Wildman–Crippen LogP) is 3.67. The Bertz CT molecular complexity index is 1080. The van der Waals surface area contributed by atoms with Gasteiger partial charge in [-0.05, 0) is 30.4 Å². The molecule has 0 bridgehead atoms. The Kier molecular flexibility index (Phi) is 7.66. The van der Waals surface area contributed by atoms with Gasteiger partial charge in [-0.25, -0.2) is 9.37 Å². The topological polar surface area (TPSA) is 88.6 Å². The van der Waals surface area contributed by atoms with Gasteiger partial charge in [0.1, 0.15) is 31.0 Å². The number of ether oxygens (including phenoxy) is 1. The molecule has 7 nitrogen and oxygen atoms in total. The number of ketones is 1. The van der Waals surface area contributed by atoms with E-state index >= 15 is 0 Å². The van der Waals surface area contributed by atoms with Gasteiger partial charge < -0.3 is 15.0 Å². The van der Waals surface area contributed by atoms with Crippen LogP contribution in [-0.2, 0) is 20.7 Å². The summed E-state index contributed by atoms with van der Waals surface area (Å²) in [7, 11) is 0. The van der Waals surface area contributed by atoms with Crippen LogP contribution in [0.25, 0.3) is 11.3 Å². The van der Waals surface area contributed by atoms with Crippen LogP contribution in [0.1, 0.15) is 49.5 Å². The predicted molar refractivity (Wildman–Crippen MR) is 132 cm³/mol. The molecule has 1 aromatic heterocycles. The number of likely N-dealkylation sites (tertiary alicyclic amines) is 1. The molecule has 188 valence electrons. The second kappa shape index (κ2) is 10.5. The highest BCUT2D eigenvalue weighted by Gasteiger charge is 2.53. The third-order valence-electron chi connectivity index (χ3n) is 6.29. The molecule has 0 unspecified atom stereocenters. The molecule has 35 heavy (non-hydrogen) atoms. The minimum Gasteiger partial charge on any atom is -0.365 e. The summed E-state index contributed by atoms with van der Waals surface area (Å²) in [5.74, 6) is -0.504. The van der Waals surface area contributed by atoms with Crippen molar-refractivity contribution in [1.82, 2.24) is 15.2 Å². The number of carbonyl (C=O) groups is 3. The van der Waals surface area contributed by atoms with Gasteiger partial charge in [-0.3, -0.25) is 14.4 Å². The molecule has 3 heterocycles. The van der Waals surface area contributed by atoms with E-state index in [1.165, 1.54) is 4.90 Å². The van der Waals surface area contributed by atoms with Gasteiger partial charge in [0.15, 0.2) is 5.78 Å². The molecule has 1 N–H and O–H groups in total. The van der Waals surface area contributed by atoms with Crippen molar-refractivity contribution in [1.29, 1.82) is 0 Å². The maximum Gasteiger partial charge on any atom is 0.251 e. The van der Waals surface area contributed by atoms with Crippen molar-refractivity contribution in [3.05, 3.63) is 40.2 Å². The lowest BCUT2D eigenvalue weighted by Gasteiger charge is -2.28. The Morgan fingerprint density at radius 3 is 2.57 bits per heavy atom. The van der Waals surface area contributed by atoms with Crippen LogP contribution in [0, 0.1) is 11.8 Å². The fourth-order valence-corrected chi connectivity index (χ4v) is 5.65. The van der Waals surface area contributed by atoms with Crippen LogP contribution in [-0.4, -0.2) is 65.0 Å². The van der Waals surface area contributed by atoms with Gasteiger partial charge in [-0.1, -0.05) is 39.8 Å². The van der Waals surface area contributed by atoms with Crippen molar-refractivity contribution in [3.8, 4) is 11.3 Å². The number of Topliss-reactive ketones (excluding diaryl/α,β-unsaturated/α-hetero) is 1. The van der Waals surface area contributed by atoms with E-state index in [0.717, 1.165) is 22.7 Å². The van der Waals surface area contributed by atoms with Crippen LogP contribution < -0.4 is 5.32 Å². The van der Waals surface area contributed by atoms with Crippen molar-refractivity contribution in [2.24, 2.45) is 11.8 Å². The number of hydrogen-bond acceptors (Lipinski definition) is 6. The minimum absolute atomic E-state index is 0.103. The van der Waals surface area contributed by atoms with E-state index in [1.807, 2.05) is 31.4 Å². The van der Waals surface area contributed by atoms with E-state index in [4.69, 9.17) is 4.74 Å². The third kappa shape index (κ3) is 5.62. The molecule has 2 aromatic rings. The van der Waals surface area contributed by atoms with Gasteiger partial charge in [-0.2, -0.15) is 0 Å². The average Bonchev–Trinajstić information content (AvgIpc) is 3.50. The Labute approximate surface area is 209 Å². The Morgan fingerprint density at radius 1 is 1.20 bits per heavy atom. The lowest BCUT2D eigenvalue weighted by molar-refractivity contribution is -0.138. The fraction of sp³-hybridized carbons (Fsp3) is 0.538. The summed E-state index contributed by atoms with van der Waals surface area (Å²) >= 11 is 1.63. The fourth-order valence-electron chi connectivity index (χ4n) is 4.64. The smallest absolute Gasteiger partial charge is 0.251 e. The number of amides is 2. The summed E-state index contributed by atoms with van der Waals surface area (Å²) in [6.07, 6.45) is -1.03. The number of fused-ring (bicyclic) bond motifs is 1. The number of carbonyl (C=O) groups excluding carboxylic acids is 3. The molecule has 9 heteroatoms. The van der Waals surface area contributed by atoms with Gasteiger partial charge in [0.2, 0.25) is 5.91 Å². The van der Waals surface area contributed by atoms with E-state index in [1.54, 1.807) is 23.5 Å². The first-order valence-corrected chi connectivity index (χ1v) is 13.0. The highest BCUT2D eigenvalue weighted by molar-refractivity contribution is 7.09. The molecule has 0 saturated carbocycles. The zero-order valence-corrected chi connectivity index (χ0v) is 21.3. The molecule has 2 saturated heterocycles. The normalized spacial score (nSPS) is 22.7. The zero-order chi connectivity index (χ0) is 25.3. The van der Waals surface area contributed by atoms with Crippen LogP contribution in [0.2, 0.25) is 0 Å². The second-order valence-corrected chi connectivity index (χ2v) is 11.1. The van der Waals surface area contributed by atoms with Gasteiger partial charge in [0.05, 0.1) is 17.2 Å². The first kappa shape index (κ1) is 25.4. The van der Waals surface area contributed by atoms with Crippen LogP contribution >= 0.6 is 11.3 Å². The van der Waals surface area contributed by atoms with E-state index < -0.39 is 36.2 Å². The van der Waals surface area contributed by atoms with Crippen molar-refractivity contribution < 1.29 is 23.5 Å². The maximum atomic E-state index is 14.4. The lowest BCUT2D eigenvalue weighted by atomic mass is 10.0. The number of alkyl halides is 1. The lowest BCUT2D eigenvalue weighted by Crippen LogP contribution is -2.52. The van der Waals surface area contributed by atoms with Crippen LogP contribution in [0.5, 0.6) is 0 Å². The summed E-state index contributed by atoms with van der Waals surface area (Å²) in [5.41, 5.74) is 2.20. The second-order valence-electron chi connectivity index (χ2n) is 10.2. The first-order valence-electron chi connectivity index (χ1n) is 12.1. The molecule has 4 rings (SSSR count). The van der Waals surface area contributed by atoms with Crippen LogP contribution in [0.3, 0.4) is 0 Å². The number of thiazole rings is 1. The quantitative estimate of drug-likeness (QED) is 0.596. The number of rotatable bonds is 8. The molecule has 2 amide bonds. The molecule has 2 aliphatic heterocycles. The third-order valence-corrected chi connectivity index (χ3v) is 7.16. The van der Waals surface area contributed by atoms with E-state index in [-0.39, 0.29) is 24.9 Å². The number of benzene rings is 1. The molecule has 0 radical (unpaired) electrons. The summed E-state index contributed by atoms with van der Waals surface area (Å²) < 4.78 is 19.6. The highest BCUT2D eigenvalue weighted by Crippen LogP contribution is 2.30. The van der Waals surface area contributed by atoms with Gasteiger partial charge in [-0.15, -0.1) is 11.3 Å². The molecular formula is C26H32FN3O4S. The summed E-state index contributed by atoms with van der Waals surface area (Å²) in [6.45, 7) is 7.80. The number of hydrogen-bond donors (Lipinski definition) is 1. The minimum atomic E-state index is -1.41. The molecule has 1 aromatic carbocycles. The summed E-state index contributed by atoms with van der Waals surface area (Å²) in [5, 5.41) is 5.91. The van der Waals surface area contributed by atoms with Crippen molar-refractivity contribution in [2.75, 3.05) is 13.2 Å². The number of nitrogens with zero attached hydrogens (tertiary/aromatic N) is 2. The Hall–Kier alpha value is -2.65. The molecule has 0 spiro atoms. The summed E-state index contributed by atoms with van der Waals surface area (Å²) in [4.78, 5) is 44.5. The number of nitrogens with one attached hydrogen (secondary N) is 1. The van der Waals surface area contributed by atoms with E-state index in [9.17, 15) is 18.8 Å². The Morgan fingerprint density at radius 2 is 1.91 bits per heavy atom. The van der Waals surface area contributed by atoms with E-state index in [0.29, 0.717) is 17.9 Å². The Balaban J connectivity index is 1.46. The molecule has 0 aliphatic carbocycles. The van der Waals surface area contributed by atoms with Crippen molar-refractivity contribution in [3.63, 3.8) is 0 Å². The summed E-state index contributed by atoms with van der Waals surface area (Å²) in [6, 6.07) is 5.33. The SMILES string of the molecule is CC(C)Cc1nc(-c2ccc(C(=O)N[C@@H](CC(C)C)C(=O)N3C[C@H](F)[C@H]4OCC(=O)[C@H]43)cc2)cs1. The van der Waals surface area contributed by atoms with Crippen molar-refractivity contribution in [2.45, 2.75) is 64.9 Å². The highest BCUT2D eigenvalue weighted by atomic mass is 32.1. The van der Waals surface area contributed by atoms with Crippen molar-refractivity contribution >= 4 is 28.9 Å². The monoisotopic (exact) mass is 501 g/mol. The largest absolute Gasteiger partial charge is 0.365 e. The number of aromatic nitrogens is 1. The molecule has 2 aliphatic rings. The molecule has 2 fully saturated rings. The maximum absolute atomic E-state index is 14.4. The zero-order valence-electron chi connectivity index (χ0n) is 20.5. The van der Waals surface area contributed by atoms with Gasteiger partial charge >= 0.3 is 0 Å². The average molecular weight is 502 g/mol. The van der Waals surface area contributed by atoms with Gasteiger partial charge in [0.25, 0.3) is 5.91 Å². The standard InChI is InChI=1S/C26H32FN3O4S/c1-14(2)9-19(26(33)30-11-18(27)24-23(30)21(31)12-34-24)29-25(32)17-7-5-16(6-8-17)20-13-35-22(28-20)10-15(3)4/h5-8,13-15,18-19,23-24H,9-12H2,1-4H3,(H,29,32)/t18-,19-,23+,24+/m0/s1. The first-order chi connectivity index (χ1) is 16.6.